The highest BCUT2D eigenvalue weighted by Gasteiger charge is 2.11. The van der Waals surface area contributed by atoms with Gasteiger partial charge in [0.05, 0.1) is 5.69 Å². The van der Waals surface area contributed by atoms with Crippen LogP contribution in [0.25, 0.3) is 0 Å². The van der Waals surface area contributed by atoms with Crippen molar-refractivity contribution in [2.24, 2.45) is 7.05 Å². The third kappa shape index (κ3) is 2.67. The van der Waals surface area contributed by atoms with E-state index in [0.29, 0.717) is 10.9 Å². The molecule has 0 aliphatic heterocycles. The number of carboxylic acid groups (broad SMARTS) is 1. The molecule has 2 rings (SSSR count). The number of nitrogens with zero attached hydrogens (tertiary/aromatic N) is 4. The molecule has 2 heterocycles. The summed E-state index contributed by atoms with van der Waals surface area (Å²) in [5, 5.41) is 14.4. The van der Waals surface area contributed by atoms with Crippen molar-refractivity contribution in [3.05, 3.63) is 29.2 Å². The van der Waals surface area contributed by atoms with Gasteiger partial charge in [0, 0.05) is 12.7 Å². The second kappa shape index (κ2) is 4.77. The summed E-state index contributed by atoms with van der Waals surface area (Å²) in [6, 6.07) is 3.34. The van der Waals surface area contributed by atoms with Gasteiger partial charge in [0.1, 0.15) is 5.03 Å². The zero-order chi connectivity index (χ0) is 13.3. The maximum atomic E-state index is 10.9. The lowest BCUT2D eigenvalue weighted by Gasteiger charge is -2.03. The van der Waals surface area contributed by atoms with Crippen LogP contribution in [0.2, 0.25) is 0 Å². The van der Waals surface area contributed by atoms with E-state index in [1.807, 2.05) is 20.0 Å². The predicted octanol–water partition coefficient (Wildman–Crippen LogP) is 1.68. The molecule has 94 valence electrons. The topological polar surface area (TPSA) is 80.9 Å². The second-order valence-electron chi connectivity index (χ2n) is 3.83. The van der Waals surface area contributed by atoms with Crippen molar-refractivity contribution in [2.75, 3.05) is 0 Å². The van der Waals surface area contributed by atoms with Crippen LogP contribution in [0, 0.1) is 13.8 Å². The normalized spacial score (nSPS) is 10.6. The van der Waals surface area contributed by atoms with Crippen LogP contribution >= 0.6 is 11.8 Å². The number of hydrogen-bond donors (Lipinski definition) is 1. The lowest BCUT2D eigenvalue weighted by atomic mass is 10.3. The molecule has 2 aromatic heterocycles. The van der Waals surface area contributed by atoms with Gasteiger partial charge in [0.25, 0.3) is 0 Å². The van der Waals surface area contributed by atoms with Gasteiger partial charge in [-0.05, 0) is 37.7 Å². The molecule has 0 bridgehead atoms. The average molecular weight is 264 g/mol. The maximum absolute atomic E-state index is 10.9. The van der Waals surface area contributed by atoms with Gasteiger partial charge in [-0.3, -0.25) is 4.68 Å². The Labute approximate surface area is 108 Å². The minimum absolute atomic E-state index is 0.00360. The van der Waals surface area contributed by atoms with E-state index in [2.05, 4.69) is 15.1 Å². The number of hydrogen-bond acceptors (Lipinski definition) is 5. The fraction of sp³-hybridized carbons (Fsp3) is 0.273. The van der Waals surface area contributed by atoms with Gasteiger partial charge in [-0.15, -0.1) is 0 Å². The maximum Gasteiger partial charge on any atom is 0.354 e. The Hall–Kier alpha value is -1.89. The first kappa shape index (κ1) is 12.6. The molecular formula is C11H12N4O2S. The summed E-state index contributed by atoms with van der Waals surface area (Å²) in [5.74, 6) is -1.05. The minimum Gasteiger partial charge on any atom is -0.477 e. The Morgan fingerprint density at radius 1 is 1.28 bits per heavy atom. The molecule has 0 unspecified atom stereocenters. The highest BCUT2D eigenvalue weighted by atomic mass is 32.2. The molecule has 0 spiro atoms. The molecule has 0 radical (unpaired) electrons. The average Bonchev–Trinajstić information content (AvgIpc) is 2.56. The second-order valence-corrected chi connectivity index (χ2v) is 4.82. The lowest BCUT2D eigenvalue weighted by molar-refractivity contribution is 0.0689. The third-order valence-corrected chi connectivity index (χ3v) is 3.16. The smallest absolute Gasteiger partial charge is 0.354 e. The van der Waals surface area contributed by atoms with Crippen molar-refractivity contribution >= 4 is 17.7 Å². The van der Waals surface area contributed by atoms with E-state index in [0.717, 1.165) is 10.7 Å². The van der Waals surface area contributed by atoms with Gasteiger partial charge >= 0.3 is 5.97 Å². The van der Waals surface area contributed by atoms with E-state index in [-0.39, 0.29) is 5.69 Å². The Kier molecular flexibility index (Phi) is 3.33. The van der Waals surface area contributed by atoms with Crippen molar-refractivity contribution in [1.82, 2.24) is 19.7 Å². The van der Waals surface area contributed by atoms with Crippen LogP contribution in [0.5, 0.6) is 0 Å². The Morgan fingerprint density at radius 3 is 2.56 bits per heavy atom. The van der Waals surface area contributed by atoms with Crippen molar-refractivity contribution in [3.8, 4) is 0 Å². The van der Waals surface area contributed by atoms with Crippen LogP contribution in [0.15, 0.2) is 22.3 Å². The number of aromatic nitrogens is 4. The first-order chi connectivity index (χ1) is 8.45. The molecule has 0 amide bonds. The largest absolute Gasteiger partial charge is 0.477 e. The van der Waals surface area contributed by atoms with E-state index in [1.54, 1.807) is 11.6 Å². The Balaban J connectivity index is 2.34. The molecule has 0 aliphatic rings. The highest BCUT2D eigenvalue weighted by Crippen LogP contribution is 2.25. The summed E-state index contributed by atoms with van der Waals surface area (Å²) in [4.78, 5) is 19.1. The summed E-state index contributed by atoms with van der Waals surface area (Å²) in [6.07, 6.45) is 0. The minimum atomic E-state index is -1.05. The molecule has 0 atom stereocenters. The highest BCUT2D eigenvalue weighted by molar-refractivity contribution is 7.99. The van der Waals surface area contributed by atoms with Gasteiger partial charge in [0.15, 0.2) is 10.9 Å². The molecule has 18 heavy (non-hydrogen) atoms. The molecule has 0 aromatic carbocycles. The molecule has 2 aromatic rings. The predicted molar refractivity (Wildman–Crippen MR) is 65.8 cm³/mol. The summed E-state index contributed by atoms with van der Waals surface area (Å²) >= 11 is 1.30. The monoisotopic (exact) mass is 264 g/mol. The molecule has 7 heteroatoms. The van der Waals surface area contributed by atoms with Crippen molar-refractivity contribution < 1.29 is 9.90 Å². The van der Waals surface area contributed by atoms with Gasteiger partial charge in [-0.2, -0.15) is 5.10 Å². The first-order valence-electron chi connectivity index (χ1n) is 5.23. The molecule has 6 nitrogen and oxygen atoms in total. The van der Waals surface area contributed by atoms with E-state index in [1.165, 1.54) is 17.8 Å². The third-order valence-electron chi connectivity index (χ3n) is 2.21. The van der Waals surface area contributed by atoms with E-state index in [9.17, 15) is 4.79 Å². The van der Waals surface area contributed by atoms with Gasteiger partial charge in [-0.25, -0.2) is 14.8 Å². The van der Waals surface area contributed by atoms with Gasteiger partial charge < -0.3 is 5.11 Å². The zero-order valence-corrected chi connectivity index (χ0v) is 11.0. The van der Waals surface area contributed by atoms with Gasteiger partial charge in [0.2, 0.25) is 0 Å². The van der Waals surface area contributed by atoms with Crippen LogP contribution in [-0.2, 0) is 7.05 Å². The fourth-order valence-corrected chi connectivity index (χ4v) is 2.40. The van der Waals surface area contributed by atoms with E-state index in [4.69, 9.17) is 5.11 Å². The molecule has 1 N–H and O–H groups in total. The van der Waals surface area contributed by atoms with Crippen molar-refractivity contribution in [2.45, 2.75) is 24.0 Å². The molecule has 0 fully saturated rings. The number of carboxylic acids is 1. The Morgan fingerprint density at radius 2 is 2.00 bits per heavy atom. The number of carbonyl (C=O) groups is 1. The quantitative estimate of drug-likeness (QED) is 0.849. The van der Waals surface area contributed by atoms with Crippen LogP contribution in [-0.4, -0.2) is 30.8 Å². The fourth-order valence-electron chi connectivity index (χ4n) is 1.47. The van der Waals surface area contributed by atoms with E-state index >= 15 is 0 Å². The summed E-state index contributed by atoms with van der Waals surface area (Å²) in [7, 11) is 1.82. The standard InChI is InChI=1S/C11H12N4O2S/c1-6-4-8(10(16)17)13-11(12-6)18-9-5-7(2)14-15(9)3/h4-5H,1-3H3,(H,16,17). The van der Waals surface area contributed by atoms with Crippen LogP contribution in [0.1, 0.15) is 21.9 Å². The van der Waals surface area contributed by atoms with Crippen molar-refractivity contribution in [1.29, 1.82) is 0 Å². The van der Waals surface area contributed by atoms with Crippen LogP contribution < -0.4 is 0 Å². The first-order valence-corrected chi connectivity index (χ1v) is 6.05. The summed E-state index contributed by atoms with van der Waals surface area (Å²) < 4.78 is 1.71. The molecule has 0 saturated carbocycles. The number of aryl methyl sites for hydroxylation is 3. The van der Waals surface area contributed by atoms with Gasteiger partial charge in [-0.1, -0.05) is 0 Å². The van der Waals surface area contributed by atoms with Crippen molar-refractivity contribution in [3.63, 3.8) is 0 Å². The number of aromatic carboxylic acids is 1. The molecule has 0 saturated heterocycles. The molecular weight excluding hydrogens is 252 g/mol. The number of rotatable bonds is 3. The molecule has 0 aliphatic carbocycles. The van der Waals surface area contributed by atoms with E-state index < -0.39 is 5.97 Å². The SMILES string of the molecule is Cc1cc(C(=O)O)nc(Sc2cc(C)nn2C)n1. The lowest BCUT2D eigenvalue weighted by Crippen LogP contribution is -2.04. The van der Waals surface area contributed by atoms with Crippen LogP contribution in [0.4, 0.5) is 0 Å². The van der Waals surface area contributed by atoms with Crippen LogP contribution in [0.3, 0.4) is 0 Å². The zero-order valence-electron chi connectivity index (χ0n) is 10.2. The Bertz CT molecular complexity index is 609. The summed E-state index contributed by atoms with van der Waals surface area (Å²) in [5.41, 5.74) is 1.53. The summed E-state index contributed by atoms with van der Waals surface area (Å²) in [6.45, 7) is 3.64.